The summed E-state index contributed by atoms with van der Waals surface area (Å²) in [6, 6.07) is 14.0. The van der Waals surface area contributed by atoms with Crippen LogP contribution in [-0.4, -0.2) is 44.2 Å². The van der Waals surface area contributed by atoms with E-state index in [4.69, 9.17) is 15.2 Å². The highest BCUT2D eigenvalue weighted by atomic mass is 16.6. The Morgan fingerprint density at radius 3 is 2.56 bits per heavy atom. The number of nitrogens with two attached hydrogens (primary N) is 1. The molecular weight excluding hydrogens is 464 g/mol. The summed E-state index contributed by atoms with van der Waals surface area (Å²) in [4.78, 5) is 48.7. The van der Waals surface area contributed by atoms with Crippen LogP contribution in [0.15, 0.2) is 53.3 Å². The van der Waals surface area contributed by atoms with Gasteiger partial charge in [-0.1, -0.05) is 30.3 Å². The molecular formula is C25H26N6O5. The van der Waals surface area contributed by atoms with Gasteiger partial charge in [0.15, 0.2) is 17.2 Å². The molecule has 0 aliphatic rings. The number of H-pyrrole nitrogens is 1. The predicted octanol–water partition coefficient (Wildman–Crippen LogP) is 2.91. The smallest absolute Gasteiger partial charge is 0.407 e. The number of nitrogens with zero attached hydrogens (tertiary/aromatic N) is 3. The number of hydrogen-bond acceptors (Lipinski definition) is 7. The third kappa shape index (κ3) is 5.04. The van der Waals surface area contributed by atoms with Crippen LogP contribution in [0, 0.1) is 0 Å². The molecule has 2 heterocycles. The zero-order valence-electron chi connectivity index (χ0n) is 20.3. The van der Waals surface area contributed by atoms with Gasteiger partial charge >= 0.3 is 11.8 Å². The molecule has 0 unspecified atom stereocenters. The largest absolute Gasteiger partial charge is 0.495 e. The predicted molar refractivity (Wildman–Crippen MR) is 133 cm³/mol. The van der Waals surface area contributed by atoms with Gasteiger partial charge in [-0.2, -0.15) is 0 Å². The van der Waals surface area contributed by atoms with Gasteiger partial charge in [0.25, 0.3) is 5.91 Å². The number of alkyl carbamates (subject to hydrolysis) is 1. The van der Waals surface area contributed by atoms with Crippen LogP contribution in [0.4, 0.5) is 4.79 Å². The average Bonchev–Trinajstić information content (AvgIpc) is 3.16. The van der Waals surface area contributed by atoms with E-state index in [1.165, 1.54) is 11.7 Å². The quantitative estimate of drug-likeness (QED) is 0.375. The van der Waals surface area contributed by atoms with Crippen molar-refractivity contribution in [1.29, 1.82) is 0 Å². The lowest BCUT2D eigenvalue weighted by molar-refractivity contribution is 0.0523. The van der Waals surface area contributed by atoms with Crippen LogP contribution in [0.3, 0.4) is 0 Å². The van der Waals surface area contributed by atoms with Gasteiger partial charge in [0, 0.05) is 12.1 Å². The summed E-state index contributed by atoms with van der Waals surface area (Å²) in [7, 11) is 1.49. The van der Waals surface area contributed by atoms with E-state index in [9.17, 15) is 14.4 Å². The molecule has 11 heteroatoms. The highest BCUT2D eigenvalue weighted by Gasteiger charge is 2.22. The molecule has 0 aliphatic heterocycles. The SMILES string of the molecule is COc1ccccc1-n1c(=O)[nH]c2c(C(N)=O)nc(-c3cccc(CNC(=O)OC(C)(C)C)c3)nc21. The van der Waals surface area contributed by atoms with E-state index in [-0.39, 0.29) is 29.2 Å². The number of rotatable bonds is 6. The Balaban J connectivity index is 1.79. The number of fused-ring (bicyclic) bond motifs is 1. The number of imidazole rings is 1. The van der Waals surface area contributed by atoms with Gasteiger partial charge in [0.2, 0.25) is 0 Å². The Labute approximate surface area is 206 Å². The van der Waals surface area contributed by atoms with Crippen molar-refractivity contribution in [3.8, 4) is 22.8 Å². The monoisotopic (exact) mass is 490 g/mol. The molecule has 2 amide bonds. The summed E-state index contributed by atoms with van der Waals surface area (Å²) < 4.78 is 12.0. The van der Waals surface area contributed by atoms with E-state index in [0.717, 1.165) is 5.56 Å². The van der Waals surface area contributed by atoms with Crippen LogP contribution >= 0.6 is 0 Å². The van der Waals surface area contributed by atoms with Crippen LogP contribution in [0.5, 0.6) is 5.75 Å². The maximum absolute atomic E-state index is 12.9. The number of hydrogen-bond donors (Lipinski definition) is 3. The van der Waals surface area contributed by atoms with Crippen molar-refractivity contribution in [1.82, 2.24) is 24.8 Å². The number of carbonyl (C=O) groups excluding carboxylic acids is 2. The first kappa shape index (κ1) is 24.5. The molecule has 0 bridgehead atoms. The normalized spacial score (nSPS) is 11.3. The lowest BCUT2D eigenvalue weighted by Gasteiger charge is -2.19. The van der Waals surface area contributed by atoms with Gasteiger partial charge in [-0.15, -0.1) is 0 Å². The molecule has 0 radical (unpaired) electrons. The van der Waals surface area contributed by atoms with Crippen molar-refractivity contribution in [2.45, 2.75) is 32.9 Å². The van der Waals surface area contributed by atoms with Crippen LogP contribution in [0.25, 0.3) is 28.2 Å². The number of amides is 2. The maximum Gasteiger partial charge on any atom is 0.407 e. The maximum atomic E-state index is 12.9. The summed E-state index contributed by atoms with van der Waals surface area (Å²) in [5.74, 6) is -0.200. The molecule has 0 spiro atoms. The molecule has 0 saturated heterocycles. The second kappa shape index (κ2) is 9.53. The fourth-order valence-electron chi connectivity index (χ4n) is 3.64. The average molecular weight is 491 g/mol. The van der Waals surface area contributed by atoms with Gasteiger partial charge in [0.05, 0.1) is 12.8 Å². The standard InChI is InChI=1S/C25H26N6O5/c1-25(2,3)36-24(34)27-13-14-8-7-9-15(12-14)21-28-18(20(26)32)19-22(30-21)31(23(33)29-19)16-10-5-6-11-17(16)35-4/h5-12H,13H2,1-4H3,(H2,26,32)(H,27,34)(H,29,33). The fourth-order valence-corrected chi connectivity index (χ4v) is 3.64. The molecule has 4 rings (SSSR count). The van der Waals surface area contributed by atoms with Crippen molar-refractivity contribution in [3.63, 3.8) is 0 Å². The fraction of sp³-hybridized carbons (Fsp3) is 0.240. The molecule has 4 N–H and O–H groups in total. The molecule has 2 aromatic carbocycles. The number of benzene rings is 2. The Morgan fingerprint density at radius 1 is 1.11 bits per heavy atom. The van der Waals surface area contributed by atoms with Crippen molar-refractivity contribution in [2.75, 3.05) is 7.11 Å². The molecule has 2 aromatic heterocycles. The van der Waals surface area contributed by atoms with Crippen LogP contribution < -0.4 is 21.5 Å². The molecule has 4 aromatic rings. The minimum absolute atomic E-state index is 0.116. The number of aromatic amines is 1. The van der Waals surface area contributed by atoms with Crippen LogP contribution in [0.2, 0.25) is 0 Å². The molecule has 186 valence electrons. The lowest BCUT2D eigenvalue weighted by atomic mass is 10.1. The number of primary amides is 1. The van der Waals surface area contributed by atoms with Gasteiger partial charge < -0.3 is 25.5 Å². The highest BCUT2D eigenvalue weighted by molar-refractivity contribution is 6.02. The molecule has 0 saturated carbocycles. The number of methoxy groups -OCH3 is 1. The molecule has 11 nitrogen and oxygen atoms in total. The van der Waals surface area contributed by atoms with Gasteiger partial charge in [0.1, 0.15) is 16.9 Å². The van der Waals surface area contributed by atoms with E-state index in [1.54, 1.807) is 63.2 Å². The van der Waals surface area contributed by atoms with Crippen LogP contribution in [-0.2, 0) is 11.3 Å². The summed E-state index contributed by atoms with van der Waals surface area (Å²) in [6.07, 6.45) is -0.547. The third-order valence-corrected chi connectivity index (χ3v) is 5.12. The number of carbonyl (C=O) groups is 2. The number of aromatic nitrogens is 4. The van der Waals surface area contributed by atoms with E-state index in [0.29, 0.717) is 17.0 Å². The van der Waals surface area contributed by atoms with E-state index < -0.39 is 23.3 Å². The van der Waals surface area contributed by atoms with Gasteiger partial charge in [-0.05, 0) is 44.5 Å². The van der Waals surface area contributed by atoms with Gasteiger partial charge in [-0.25, -0.2) is 24.1 Å². The number of para-hydroxylation sites is 2. The highest BCUT2D eigenvalue weighted by Crippen LogP contribution is 2.26. The summed E-state index contributed by atoms with van der Waals surface area (Å²) in [5.41, 5.74) is 6.35. The zero-order valence-corrected chi connectivity index (χ0v) is 20.3. The summed E-state index contributed by atoms with van der Waals surface area (Å²) in [5, 5.41) is 2.70. The summed E-state index contributed by atoms with van der Waals surface area (Å²) in [6.45, 7) is 5.54. The van der Waals surface area contributed by atoms with Crippen molar-refractivity contribution in [2.24, 2.45) is 5.73 Å². The third-order valence-electron chi connectivity index (χ3n) is 5.12. The van der Waals surface area contributed by atoms with E-state index >= 15 is 0 Å². The Kier molecular flexibility index (Phi) is 6.47. The van der Waals surface area contributed by atoms with Crippen molar-refractivity contribution < 1.29 is 19.1 Å². The lowest BCUT2D eigenvalue weighted by Crippen LogP contribution is -2.32. The Hall–Kier alpha value is -4.67. The molecule has 0 fully saturated rings. The number of nitrogens with one attached hydrogen (secondary N) is 2. The topological polar surface area (TPSA) is 154 Å². The molecule has 0 aliphatic carbocycles. The first-order valence-corrected chi connectivity index (χ1v) is 11.1. The van der Waals surface area contributed by atoms with Gasteiger partial charge in [-0.3, -0.25) is 4.79 Å². The molecule has 36 heavy (non-hydrogen) atoms. The first-order valence-electron chi connectivity index (χ1n) is 11.1. The van der Waals surface area contributed by atoms with Crippen molar-refractivity contribution in [3.05, 3.63) is 70.3 Å². The zero-order chi connectivity index (χ0) is 26.0. The van der Waals surface area contributed by atoms with E-state index in [1.807, 2.05) is 6.07 Å². The second-order valence-corrected chi connectivity index (χ2v) is 8.95. The Bertz CT molecular complexity index is 1520. The minimum atomic E-state index is -0.820. The number of ether oxygens (including phenoxy) is 2. The van der Waals surface area contributed by atoms with Crippen molar-refractivity contribution >= 4 is 23.2 Å². The minimum Gasteiger partial charge on any atom is -0.495 e. The van der Waals surface area contributed by atoms with E-state index in [2.05, 4.69) is 20.3 Å². The molecule has 0 atom stereocenters. The Morgan fingerprint density at radius 2 is 1.86 bits per heavy atom. The second-order valence-electron chi connectivity index (χ2n) is 8.95. The van der Waals surface area contributed by atoms with Crippen LogP contribution in [0.1, 0.15) is 36.8 Å². The first-order chi connectivity index (χ1) is 17.1. The summed E-state index contributed by atoms with van der Waals surface area (Å²) >= 11 is 0.